The van der Waals surface area contributed by atoms with Crippen LogP contribution in [0.25, 0.3) is 0 Å². The summed E-state index contributed by atoms with van der Waals surface area (Å²) in [5.74, 6) is -1.59. The molecule has 116 valence electrons. The molecule has 3 heterocycles. The maximum absolute atomic E-state index is 10.2. The van der Waals surface area contributed by atoms with Gasteiger partial charge in [-0.2, -0.15) is 0 Å². The highest BCUT2D eigenvalue weighted by Gasteiger charge is 2.68. The van der Waals surface area contributed by atoms with Crippen LogP contribution in [0.4, 0.5) is 0 Å². The monoisotopic (exact) mass is 290 g/mol. The second-order valence-corrected chi connectivity index (χ2v) is 6.47. The number of hydrogen-bond donors (Lipinski definition) is 2. The van der Waals surface area contributed by atoms with E-state index in [1.165, 1.54) is 0 Å². The van der Waals surface area contributed by atoms with Crippen molar-refractivity contribution in [3.63, 3.8) is 0 Å². The van der Waals surface area contributed by atoms with Crippen molar-refractivity contribution >= 4 is 0 Å². The van der Waals surface area contributed by atoms with Crippen LogP contribution in [-0.4, -0.2) is 65.2 Å². The van der Waals surface area contributed by atoms with Crippen LogP contribution in [0.2, 0.25) is 0 Å². The van der Waals surface area contributed by atoms with E-state index in [0.717, 1.165) is 0 Å². The number of fused-ring (bicyclic) bond motifs is 1. The minimum Gasteiger partial charge on any atom is -0.393 e. The molecule has 7 heteroatoms. The number of aliphatic hydroxyl groups excluding tert-OH is 2. The zero-order valence-electron chi connectivity index (χ0n) is 12.2. The summed E-state index contributed by atoms with van der Waals surface area (Å²) in [7, 11) is 0. The Morgan fingerprint density at radius 1 is 1.10 bits per heavy atom. The molecular weight excluding hydrogens is 268 g/mol. The van der Waals surface area contributed by atoms with Gasteiger partial charge in [0.2, 0.25) is 0 Å². The van der Waals surface area contributed by atoms with E-state index in [-0.39, 0.29) is 6.10 Å². The fraction of sp³-hybridized carbons (Fsp3) is 1.00. The lowest BCUT2D eigenvalue weighted by Crippen LogP contribution is -2.51. The molecule has 0 aromatic heterocycles. The summed E-state index contributed by atoms with van der Waals surface area (Å²) in [6, 6.07) is 0. The molecule has 5 atom stereocenters. The van der Waals surface area contributed by atoms with E-state index in [0.29, 0.717) is 6.61 Å². The minimum atomic E-state index is -1.27. The van der Waals surface area contributed by atoms with Gasteiger partial charge in [-0.25, -0.2) is 0 Å². The van der Waals surface area contributed by atoms with Crippen molar-refractivity contribution in [3.8, 4) is 0 Å². The fourth-order valence-corrected chi connectivity index (χ4v) is 3.18. The zero-order chi connectivity index (χ0) is 14.8. The topological polar surface area (TPSA) is 86.6 Å². The van der Waals surface area contributed by atoms with E-state index in [1.807, 2.05) is 13.8 Å². The standard InChI is InChI=1S/C13H22O7/c1-11(2)16-5-7(18-11)8-9-13(6-14,10(15)17-8)20-12(3,4)19-9/h7-10,14-15H,5-6H2,1-4H3. The summed E-state index contributed by atoms with van der Waals surface area (Å²) in [6.07, 6.45) is -2.81. The molecule has 0 radical (unpaired) electrons. The second-order valence-electron chi connectivity index (χ2n) is 6.47. The maximum atomic E-state index is 10.2. The Morgan fingerprint density at radius 3 is 2.35 bits per heavy atom. The van der Waals surface area contributed by atoms with Gasteiger partial charge in [0.15, 0.2) is 23.5 Å². The first-order chi connectivity index (χ1) is 9.19. The predicted octanol–water partition coefficient (Wildman–Crippen LogP) is -0.262. The largest absolute Gasteiger partial charge is 0.393 e. The third-order valence-electron chi connectivity index (χ3n) is 3.97. The van der Waals surface area contributed by atoms with Gasteiger partial charge in [-0.15, -0.1) is 0 Å². The highest BCUT2D eigenvalue weighted by molar-refractivity contribution is 5.09. The van der Waals surface area contributed by atoms with Crippen LogP contribution in [-0.2, 0) is 23.7 Å². The first-order valence-corrected chi connectivity index (χ1v) is 6.83. The van der Waals surface area contributed by atoms with Gasteiger partial charge in [-0.05, 0) is 27.7 Å². The third kappa shape index (κ3) is 2.09. The van der Waals surface area contributed by atoms with Gasteiger partial charge < -0.3 is 33.9 Å². The third-order valence-corrected chi connectivity index (χ3v) is 3.97. The Hall–Kier alpha value is -0.280. The van der Waals surface area contributed by atoms with E-state index in [1.54, 1.807) is 13.8 Å². The average Bonchev–Trinajstić information content (AvgIpc) is 2.90. The molecule has 3 rings (SSSR count). The Balaban J connectivity index is 1.85. The Kier molecular flexibility index (Phi) is 3.19. The summed E-state index contributed by atoms with van der Waals surface area (Å²) in [5.41, 5.74) is -1.27. The molecule has 0 aromatic rings. The van der Waals surface area contributed by atoms with Crippen LogP contribution in [0.5, 0.6) is 0 Å². The fourth-order valence-electron chi connectivity index (χ4n) is 3.18. The van der Waals surface area contributed by atoms with Crippen LogP contribution in [0.1, 0.15) is 27.7 Å². The molecule has 0 aromatic carbocycles. The van der Waals surface area contributed by atoms with Gasteiger partial charge in [0.25, 0.3) is 0 Å². The minimum absolute atomic E-state index is 0.339. The molecule has 0 bridgehead atoms. The molecule has 3 saturated heterocycles. The zero-order valence-corrected chi connectivity index (χ0v) is 12.2. The summed E-state index contributed by atoms with van der Waals surface area (Å²) < 4.78 is 28.4. The lowest BCUT2D eigenvalue weighted by molar-refractivity contribution is -0.261. The van der Waals surface area contributed by atoms with Gasteiger partial charge >= 0.3 is 0 Å². The first kappa shape index (κ1) is 14.6. The van der Waals surface area contributed by atoms with Crippen LogP contribution >= 0.6 is 0 Å². The molecule has 3 fully saturated rings. The summed E-state index contributed by atoms with van der Waals surface area (Å²) in [6.45, 7) is 7.05. The Bertz CT molecular complexity index is 396. The molecule has 0 spiro atoms. The molecule has 3 aliphatic heterocycles. The van der Waals surface area contributed by atoms with Crippen molar-refractivity contribution in [3.05, 3.63) is 0 Å². The first-order valence-electron chi connectivity index (χ1n) is 6.83. The number of rotatable bonds is 2. The van der Waals surface area contributed by atoms with Crippen molar-refractivity contribution in [2.24, 2.45) is 0 Å². The van der Waals surface area contributed by atoms with Crippen LogP contribution in [0.3, 0.4) is 0 Å². The van der Waals surface area contributed by atoms with Crippen molar-refractivity contribution in [1.29, 1.82) is 0 Å². The molecule has 7 nitrogen and oxygen atoms in total. The number of aliphatic hydroxyl groups is 2. The van der Waals surface area contributed by atoms with Gasteiger partial charge in [0, 0.05) is 0 Å². The van der Waals surface area contributed by atoms with Crippen molar-refractivity contribution in [1.82, 2.24) is 0 Å². The van der Waals surface area contributed by atoms with Crippen LogP contribution in [0.15, 0.2) is 0 Å². The van der Waals surface area contributed by atoms with Gasteiger partial charge in [-0.3, -0.25) is 0 Å². The highest BCUT2D eigenvalue weighted by Crippen LogP contribution is 2.48. The number of hydrogen-bond acceptors (Lipinski definition) is 7. The highest BCUT2D eigenvalue weighted by atomic mass is 16.8. The molecule has 5 unspecified atom stereocenters. The lowest BCUT2D eigenvalue weighted by Gasteiger charge is -2.27. The Morgan fingerprint density at radius 2 is 1.80 bits per heavy atom. The molecule has 0 aliphatic carbocycles. The lowest BCUT2D eigenvalue weighted by atomic mass is 9.94. The molecule has 2 N–H and O–H groups in total. The summed E-state index contributed by atoms with van der Waals surface area (Å²) in [4.78, 5) is 0. The number of ether oxygens (including phenoxy) is 5. The van der Waals surface area contributed by atoms with Gasteiger partial charge in [0.1, 0.15) is 18.3 Å². The van der Waals surface area contributed by atoms with Crippen LogP contribution in [0, 0.1) is 0 Å². The SMILES string of the molecule is CC1(C)OCC(C2OC(O)C3(CO)OC(C)(C)OC23)O1. The van der Waals surface area contributed by atoms with E-state index in [2.05, 4.69) is 0 Å². The second kappa shape index (κ2) is 4.36. The summed E-state index contributed by atoms with van der Waals surface area (Å²) >= 11 is 0. The smallest absolute Gasteiger partial charge is 0.189 e. The predicted molar refractivity (Wildman–Crippen MR) is 65.6 cm³/mol. The summed E-state index contributed by atoms with van der Waals surface area (Å²) in [5, 5.41) is 19.8. The van der Waals surface area contributed by atoms with E-state index in [9.17, 15) is 10.2 Å². The van der Waals surface area contributed by atoms with Gasteiger partial charge in [-0.1, -0.05) is 0 Å². The molecule has 0 saturated carbocycles. The molecular formula is C13H22O7. The maximum Gasteiger partial charge on any atom is 0.189 e. The van der Waals surface area contributed by atoms with E-state index < -0.39 is 42.3 Å². The molecule has 20 heavy (non-hydrogen) atoms. The normalized spacial score (nSPS) is 49.5. The van der Waals surface area contributed by atoms with Crippen molar-refractivity contribution < 1.29 is 33.9 Å². The van der Waals surface area contributed by atoms with Crippen LogP contribution < -0.4 is 0 Å². The van der Waals surface area contributed by atoms with E-state index >= 15 is 0 Å². The van der Waals surface area contributed by atoms with E-state index in [4.69, 9.17) is 23.7 Å². The Labute approximate surface area is 117 Å². The van der Waals surface area contributed by atoms with Crippen molar-refractivity contribution in [2.45, 2.75) is 69.5 Å². The average molecular weight is 290 g/mol. The van der Waals surface area contributed by atoms with Crippen molar-refractivity contribution in [2.75, 3.05) is 13.2 Å². The molecule has 3 aliphatic rings. The molecule has 0 amide bonds. The van der Waals surface area contributed by atoms with Gasteiger partial charge in [0.05, 0.1) is 13.2 Å². The quantitative estimate of drug-likeness (QED) is 0.724.